The van der Waals surface area contributed by atoms with Gasteiger partial charge in [0.2, 0.25) is 5.91 Å². The fourth-order valence-corrected chi connectivity index (χ4v) is 2.92. The molecule has 0 spiro atoms. The fraction of sp³-hybridized carbons (Fsp3) is 0.429. The number of hydrogen-bond acceptors (Lipinski definition) is 3. The Morgan fingerprint density at radius 3 is 2.48 bits per heavy atom. The minimum absolute atomic E-state index is 0.0209. The largest absolute Gasteiger partial charge is 0.478 e. The van der Waals surface area contributed by atoms with Gasteiger partial charge in [0.05, 0.1) is 27.3 Å². The molecular formula is C14H16Cl2N2O3. The lowest BCUT2D eigenvalue weighted by molar-refractivity contribution is -0.119. The van der Waals surface area contributed by atoms with Gasteiger partial charge in [-0.3, -0.25) is 4.79 Å². The van der Waals surface area contributed by atoms with E-state index in [1.807, 2.05) is 0 Å². The van der Waals surface area contributed by atoms with Crippen LogP contribution >= 0.6 is 23.2 Å². The Hall–Kier alpha value is -1.30. The highest BCUT2D eigenvalue weighted by Gasteiger charge is 2.25. The number of piperidine rings is 1. The van der Waals surface area contributed by atoms with Gasteiger partial charge in [0.15, 0.2) is 0 Å². The number of carboxylic acids is 1. The van der Waals surface area contributed by atoms with E-state index in [9.17, 15) is 9.59 Å². The van der Waals surface area contributed by atoms with Gasteiger partial charge in [-0.05, 0) is 37.4 Å². The number of anilines is 1. The van der Waals surface area contributed by atoms with Crippen LogP contribution in [0.3, 0.4) is 0 Å². The second-order valence-electron chi connectivity index (χ2n) is 5.25. The SMILES string of the molecule is CC1CCNC(C(=O)Nc2c(Cl)cc(C(=O)O)cc2Cl)C1. The standard InChI is InChI=1S/C14H16Cl2N2O3/c1-7-2-3-17-11(4-7)13(19)18-12-9(15)5-8(14(20)21)6-10(12)16/h5-7,11,17H,2-4H2,1H3,(H,18,19)(H,20,21). The number of rotatable bonds is 3. The first-order valence-corrected chi connectivity index (χ1v) is 7.40. The molecule has 1 aliphatic heterocycles. The predicted molar refractivity (Wildman–Crippen MR) is 82.2 cm³/mol. The molecule has 2 atom stereocenters. The molecule has 1 fully saturated rings. The summed E-state index contributed by atoms with van der Waals surface area (Å²) in [6, 6.07) is 2.24. The molecule has 21 heavy (non-hydrogen) atoms. The van der Waals surface area contributed by atoms with Crippen LogP contribution in [0.5, 0.6) is 0 Å². The zero-order valence-electron chi connectivity index (χ0n) is 11.5. The van der Waals surface area contributed by atoms with Gasteiger partial charge in [0.25, 0.3) is 0 Å². The Kier molecular flexibility index (Phi) is 5.08. The van der Waals surface area contributed by atoms with Gasteiger partial charge in [-0.25, -0.2) is 4.79 Å². The van der Waals surface area contributed by atoms with Gasteiger partial charge in [-0.1, -0.05) is 30.1 Å². The minimum Gasteiger partial charge on any atom is -0.478 e. The molecule has 0 aliphatic carbocycles. The van der Waals surface area contributed by atoms with Crippen molar-refractivity contribution in [2.24, 2.45) is 5.92 Å². The first-order valence-electron chi connectivity index (χ1n) is 6.65. The van der Waals surface area contributed by atoms with Crippen molar-refractivity contribution in [2.75, 3.05) is 11.9 Å². The first-order chi connectivity index (χ1) is 9.88. The van der Waals surface area contributed by atoms with Gasteiger partial charge in [0.1, 0.15) is 0 Å². The number of nitrogens with one attached hydrogen (secondary N) is 2. The van der Waals surface area contributed by atoms with E-state index >= 15 is 0 Å². The van der Waals surface area contributed by atoms with Crippen LogP contribution < -0.4 is 10.6 Å². The second-order valence-corrected chi connectivity index (χ2v) is 6.06. The average Bonchev–Trinajstić information content (AvgIpc) is 2.42. The molecule has 1 saturated heterocycles. The highest BCUT2D eigenvalue weighted by atomic mass is 35.5. The second kappa shape index (κ2) is 6.64. The monoisotopic (exact) mass is 330 g/mol. The van der Waals surface area contributed by atoms with Gasteiger partial charge in [0, 0.05) is 0 Å². The van der Waals surface area contributed by atoms with Crippen molar-refractivity contribution in [3.8, 4) is 0 Å². The van der Waals surface area contributed by atoms with Gasteiger partial charge in [-0.15, -0.1) is 0 Å². The minimum atomic E-state index is -1.13. The summed E-state index contributed by atoms with van der Waals surface area (Å²) >= 11 is 12.0. The first kappa shape index (κ1) is 16.1. The Bertz CT molecular complexity index is 554. The molecule has 1 aliphatic rings. The number of carboxylic acid groups (broad SMARTS) is 1. The number of aromatic carboxylic acids is 1. The van der Waals surface area contributed by atoms with Gasteiger partial charge in [-0.2, -0.15) is 0 Å². The lowest BCUT2D eigenvalue weighted by atomic mass is 9.94. The van der Waals surface area contributed by atoms with Crippen molar-refractivity contribution in [1.29, 1.82) is 0 Å². The number of benzene rings is 1. The van der Waals surface area contributed by atoms with Crippen LogP contribution in [0.25, 0.3) is 0 Å². The smallest absolute Gasteiger partial charge is 0.335 e. The van der Waals surface area contributed by atoms with E-state index in [0.29, 0.717) is 5.92 Å². The van der Waals surface area contributed by atoms with Gasteiger partial charge >= 0.3 is 5.97 Å². The number of halogens is 2. The Morgan fingerprint density at radius 1 is 1.33 bits per heavy atom. The molecule has 0 radical (unpaired) electrons. The molecule has 1 amide bonds. The highest BCUT2D eigenvalue weighted by Crippen LogP contribution is 2.32. The lowest BCUT2D eigenvalue weighted by Gasteiger charge is -2.27. The van der Waals surface area contributed by atoms with Crippen LogP contribution in [0.1, 0.15) is 30.1 Å². The Balaban J connectivity index is 2.15. The summed E-state index contributed by atoms with van der Waals surface area (Å²) in [6.45, 7) is 2.89. The maximum atomic E-state index is 12.2. The third-order valence-corrected chi connectivity index (χ3v) is 4.12. The molecule has 3 N–H and O–H groups in total. The van der Waals surface area contributed by atoms with Crippen molar-refractivity contribution in [2.45, 2.75) is 25.8 Å². The van der Waals surface area contributed by atoms with Crippen LogP contribution in [0.4, 0.5) is 5.69 Å². The molecule has 0 saturated carbocycles. The summed E-state index contributed by atoms with van der Waals surface area (Å²) in [4.78, 5) is 23.1. The normalized spacial score (nSPS) is 21.9. The van der Waals surface area contributed by atoms with Crippen molar-refractivity contribution in [1.82, 2.24) is 5.32 Å². The van der Waals surface area contributed by atoms with Crippen LogP contribution in [0.2, 0.25) is 10.0 Å². The number of carbonyl (C=O) groups is 2. The lowest BCUT2D eigenvalue weighted by Crippen LogP contribution is -2.45. The summed E-state index contributed by atoms with van der Waals surface area (Å²) in [5.74, 6) is -0.866. The molecule has 7 heteroatoms. The molecular weight excluding hydrogens is 315 g/mol. The van der Waals surface area contributed by atoms with E-state index < -0.39 is 5.97 Å². The summed E-state index contributed by atoms with van der Waals surface area (Å²) in [7, 11) is 0. The van der Waals surface area contributed by atoms with Crippen LogP contribution in [0.15, 0.2) is 12.1 Å². The highest BCUT2D eigenvalue weighted by molar-refractivity contribution is 6.40. The molecule has 2 unspecified atom stereocenters. The van der Waals surface area contributed by atoms with E-state index in [4.69, 9.17) is 28.3 Å². The number of carbonyl (C=O) groups excluding carboxylic acids is 1. The third-order valence-electron chi connectivity index (χ3n) is 3.52. The van der Waals surface area contributed by atoms with E-state index in [1.54, 1.807) is 0 Å². The van der Waals surface area contributed by atoms with E-state index in [1.165, 1.54) is 12.1 Å². The third kappa shape index (κ3) is 3.87. The molecule has 1 aromatic carbocycles. The fourth-order valence-electron chi connectivity index (χ4n) is 2.33. The maximum Gasteiger partial charge on any atom is 0.335 e. The molecule has 5 nitrogen and oxygen atoms in total. The zero-order valence-corrected chi connectivity index (χ0v) is 13.0. The Labute approximate surface area is 132 Å². The molecule has 114 valence electrons. The van der Waals surface area contributed by atoms with Crippen LogP contribution in [-0.4, -0.2) is 29.6 Å². The van der Waals surface area contributed by atoms with Crippen LogP contribution in [0, 0.1) is 5.92 Å². The predicted octanol–water partition coefficient (Wildman–Crippen LogP) is 3.02. The van der Waals surface area contributed by atoms with Crippen molar-refractivity contribution in [3.63, 3.8) is 0 Å². The summed E-state index contributed by atoms with van der Waals surface area (Å²) in [5.41, 5.74) is 0.223. The van der Waals surface area contributed by atoms with E-state index in [2.05, 4.69) is 17.6 Å². The van der Waals surface area contributed by atoms with Crippen molar-refractivity contribution in [3.05, 3.63) is 27.7 Å². The van der Waals surface area contributed by atoms with E-state index in [0.717, 1.165) is 19.4 Å². The van der Waals surface area contributed by atoms with Crippen molar-refractivity contribution < 1.29 is 14.7 Å². The maximum absolute atomic E-state index is 12.2. The van der Waals surface area contributed by atoms with E-state index in [-0.39, 0.29) is 33.2 Å². The quantitative estimate of drug-likeness (QED) is 0.796. The molecule has 2 rings (SSSR count). The summed E-state index contributed by atoms with van der Waals surface area (Å²) in [5, 5.41) is 15.0. The average molecular weight is 331 g/mol. The number of hydrogen-bond donors (Lipinski definition) is 3. The number of amides is 1. The molecule has 1 aromatic rings. The van der Waals surface area contributed by atoms with Crippen LogP contribution in [-0.2, 0) is 4.79 Å². The summed E-state index contributed by atoms with van der Waals surface area (Å²) in [6.07, 6.45) is 1.78. The van der Waals surface area contributed by atoms with Crippen molar-refractivity contribution >= 4 is 40.8 Å². The molecule has 1 heterocycles. The van der Waals surface area contributed by atoms with Gasteiger partial charge < -0.3 is 15.7 Å². The summed E-state index contributed by atoms with van der Waals surface area (Å²) < 4.78 is 0. The Morgan fingerprint density at radius 2 is 1.95 bits per heavy atom. The molecule has 0 aromatic heterocycles. The topological polar surface area (TPSA) is 78.4 Å². The molecule has 0 bridgehead atoms. The zero-order chi connectivity index (χ0) is 15.6.